The summed E-state index contributed by atoms with van der Waals surface area (Å²) in [6.07, 6.45) is 0. The molecule has 2 rings (SSSR count). The molecule has 5 nitrogen and oxygen atoms in total. The Morgan fingerprint density at radius 3 is 2.28 bits per heavy atom. The number of rotatable bonds is 4. The first-order valence-electron chi connectivity index (χ1n) is 6.51. The van der Waals surface area contributed by atoms with E-state index in [0.717, 1.165) is 6.07 Å². The maximum absolute atomic E-state index is 12.5. The molecular weight excluding hydrogens is 401 g/mol. The van der Waals surface area contributed by atoms with E-state index in [2.05, 4.69) is 5.32 Å². The molecule has 0 heterocycles. The number of para-hydroxylation sites is 1. The van der Waals surface area contributed by atoms with Crippen LogP contribution >= 0.6 is 23.4 Å². The van der Waals surface area contributed by atoms with E-state index in [1.54, 1.807) is 4.72 Å². The molecule has 0 saturated heterocycles. The van der Waals surface area contributed by atoms with E-state index in [-0.39, 0.29) is 20.5 Å². The fourth-order valence-corrected chi connectivity index (χ4v) is 3.82. The van der Waals surface area contributed by atoms with Crippen LogP contribution in [0.15, 0.2) is 58.3 Å². The number of urea groups is 1. The van der Waals surface area contributed by atoms with Crippen LogP contribution in [0.5, 0.6) is 0 Å². The van der Waals surface area contributed by atoms with Gasteiger partial charge in [0.25, 0.3) is 10.0 Å². The highest BCUT2D eigenvalue weighted by molar-refractivity contribution is 8.00. The van der Waals surface area contributed by atoms with Crippen molar-refractivity contribution in [3.05, 3.63) is 53.6 Å². The SMILES string of the molecule is O=C(Nc1ccccc1SC(F)(F)F)NS(=O)(=O)c1ccccc1Cl. The van der Waals surface area contributed by atoms with Crippen molar-refractivity contribution < 1.29 is 26.4 Å². The van der Waals surface area contributed by atoms with Gasteiger partial charge in [0, 0.05) is 4.90 Å². The van der Waals surface area contributed by atoms with E-state index < -0.39 is 33.3 Å². The van der Waals surface area contributed by atoms with Crippen molar-refractivity contribution in [1.82, 2.24) is 4.72 Å². The smallest absolute Gasteiger partial charge is 0.306 e. The van der Waals surface area contributed by atoms with Crippen LogP contribution in [0.1, 0.15) is 0 Å². The maximum atomic E-state index is 12.5. The molecule has 0 radical (unpaired) electrons. The minimum Gasteiger partial charge on any atom is -0.306 e. The Morgan fingerprint density at radius 2 is 1.64 bits per heavy atom. The Balaban J connectivity index is 2.17. The number of carbonyl (C=O) groups excluding carboxylic acids is 1. The molecule has 0 bridgehead atoms. The number of benzene rings is 2. The molecule has 0 spiro atoms. The van der Waals surface area contributed by atoms with Crippen LogP contribution in [0.2, 0.25) is 5.02 Å². The molecule has 0 aliphatic heterocycles. The molecule has 2 aromatic carbocycles. The highest BCUT2D eigenvalue weighted by atomic mass is 35.5. The molecule has 0 aliphatic rings. The second-order valence-corrected chi connectivity index (χ2v) is 7.70. The lowest BCUT2D eigenvalue weighted by Gasteiger charge is -2.13. The molecule has 134 valence electrons. The summed E-state index contributed by atoms with van der Waals surface area (Å²) in [5.41, 5.74) is -4.74. The predicted octanol–water partition coefficient (Wildman–Crippen LogP) is 4.46. The summed E-state index contributed by atoms with van der Waals surface area (Å²) in [6.45, 7) is 0. The average molecular weight is 411 g/mol. The van der Waals surface area contributed by atoms with Gasteiger partial charge in [-0.1, -0.05) is 35.9 Å². The Hall–Kier alpha value is -1.91. The Bertz CT molecular complexity index is 889. The van der Waals surface area contributed by atoms with E-state index in [1.807, 2.05) is 0 Å². The highest BCUT2D eigenvalue weighted by Gasteiger charge is 2.30. The summed E-state index contributed by atoms with van der Waals surface area (Å²) in [4.78, 5) is 11.3. The number of amides is 2. The summed E-state index contributed by atoms with van der Waals surface area (Å²) < 4.78 is 63.5. The Morgan fingerprint density at radius 1 is 1.04 bits per heavy atom. The molecule has 11 heteroatoms. The van der Waals surface area contributed by atoms with Crippen molar-refractivity contribution in [2.45, 2.75) is 15.3 Å². The largest absolute Gasteiger partial charge is 0.446 e. The number of sulfonamides is 1. The number of halogens is 4. The highest BCUT2D eigenvalue weighted by Crippen LogP contribution is 2.40. The van der Waals surface area contributed by atoms with Gasteiger partial charge >= 0.3 is 11.5 Å². The zero-order valence-electron chi connectivity index (χ0n) is 12.2. The lowest BCUT2D eigenvalue weighted by Crippen LogP contribution is -2.34. The van der Waals surface area contributed by atoms with Crippen LogP contribution in [-0.4, -0.2) is 20.0 Å². The van der Waals surface area contributed by atoms with E-state index in [1.165, 1.54) is 42.5 Å². The normalized spacial score (nSPS) is 11.8. The predicted molar refractivity (Wildman–Crippen MR) is 89.1 cm³/mol. The minimum absolute atomic E-state index is 0.101. The fraction of sp³-hybridized carbons (Fsp3) is 0.0714. The van der Waals surface area contributed by atoms with E-state index >= 15 is 0 Å². The van der Waals surface area contributed by atoms with Gasteiger partial charge in [-0.3, -0.25) is 0 Å². The molecular formula is C14H10ClF3N2O3S2. The standard InChI is InChI=1S/C14H10ClF3N2O3S2/c15-9-5-1-4-8-12(9)25(22,23)20-13(21)19-10-6-2-3-7-11(10)24-14(16,17)18/h1-8H,(H2,19,20,21). The molecule has 0 aliphatic carbocycles. The zero-order valence-corrected chi connectivity index (χ0v) is 14.6. The maximum Gasteiger partial charge on any atom is 0.446 e. The second kappa shape index (κ2) is 7.54. The summed E-state index contributed by atoms with van der Waals surface area (Å²) >= 11 is 5.34. The van der Waals surface area contributed by atoms with Crippen LogP contribution in [0.3, 0.4) is 0 Å². The third kappa shape index (κ3) is 5.55. The summed E-state index contributed by atoms with van der Waals surface area (Å²) in [5.74, 6) is 0. The number of anilines is 1. The number of hydrogen-bond donors (Lipinski definition) is 2. The number of hydrogen-bond acceptors (Lipinski definition) is 4. The average Bonchev–Trinajstić information content (AvgIpc) is 2.47. The molecule has 25 heavy (non-hydrogen) atoms. The number of nitrogens with one attached hydrogen (secondary N) is 2. The van der Waals surface area contributed by atoms with Gasteiger partial charge in [-0.15, -0.1) is 0 Å². The zero-order chi connectivity index (χ0) is 18.7. The first-order chi connectivity index (χ1) is 11.6. The van der Waals surface area contributed by atoms with Crippen LogP contribution in [0, 0.1) is 0 Å². The van der Waals surface area contributed by atoms with Crippen molar-refractivity contribution in [3.63, 3.8) is 0 Å². The molecule has 0 unspecified atom stereocenters. The first-order valence-corrected chi connectivity index (χ1v) is 9.19. The van der Waals surface area contributed by atoms with Gasteiger partial charge in [0.05, 0.1) is 10.7 Å². The van der Waals surface area contributed by atoms with Gasteiger partial charge in [0.1, 0.15) is 4.90 Å². The van der Waals surface area contributed by atoms with Crippen molar-refractivity contribution in [2.24, 2.45) is 0 Å². The third-order valence-corrected chi connectivity index (χ3v) is 5.35. The molecule has 2 N–H and O–H groups in total. The molecule has 0 atom stereocenters. The van der Waals surface area contributed by atoms with E-state index in [4.69, 9.17) is 11.6 Å². The van der Waals surface area contributed by atoms with E-state index in [0.29, 0.717) is 0 Å². The van der Waals surface area contributed by atoms with Gasteiger partial charge in [-0.2, -0.15) is 13.2 Å². The number of carbonyl (C=O) groups is 1. The molecule has 0 fully saturated rings. The molecule has 2 aromatic rings. The van der Waals surface area contributed by atoms with Gasteiger partial charge in [-0.25, -0.2) is 17.9 Å². The minimum atomic E-state index is -4.56. The van der Waals surface area contributed by atoms with Gasteiger partial charge < -0.3 is 5.32 Å². The van der Waals surface area contributed by atoms with Gasteiger partial charge in [0.15, 0.2) is 0 Å². The van der Waals surface area contributed by atoms with Crippen LogP contribution in [0.25, 0.3) is 0 Å². The summed E-state index contributed by atoms with van der Waals surface area (Å²) in [7, 11) is -4.28. The van der Waals surface area contributed by atoms with Crippen LogP contribution in [0.4, 0.5) is 23.7 Å². The van der Waals surface area contributed by atoms with Crippen molar-refractivity contribution >= 4 is 45.1 Å². The lowest BCUT2D eigenvalue weighted by molar-refractivity contribution is -0.0328. The Labute approximate surface area is 150 Å². The second-order valence-electron chi connectivity index (χ2n) is 4.53. The van der Waals surface area contributed by atoms with Gasteiger partial charge in [0.2, 0.25) is 0 Å². The first kappa shape index (κ1) is 19.4. The molecule has 2 amide bonds. The van der Waals surface area contributed by atoms with Crippen LogP contribution < -0.4 is 10.0 Å². The number of thioether (sulfide) groups is 1. The Kier molecular flexibility index (Phi) is 5.86. The molecule has 0 saturated carbocycles. The topological polar surface area (TPSA) is 75.3 Å². The third-order valence-electron chi connectivity index (χ3n) is 2.71. The lowest BCUT2D eigenvalue weighted by atomic mass is 10.3. The van der Waals surface area contributed by atoms with Crippen molar-refractivity contribution in [3.8, 4) is 0 Å². The number of alkyl halides is 3. The molecule has 0 aromatic heterocycles. The van der Waals surface area contributed by atoms with Crippen molar-refractivity contribution in [2.75, 3.05) is 5.32 Å². The van der Waals surface area contributed by atoms with Crippen LogP contribution in [-0.2, 0) is 10.0 Å². The van der Waals surface area contributed by atoms with Gasteiger partial charge in [-0.05, 0) is 36.0 Å². The monoisotopic (exact) mass is 410 g/mol. The summed E-state index contributed by atoms with van der Waals surface area (Å²) in [6, 6.07) is 9.34. The summed E-state index contributed by atoms with van der Waals surface area (Å²) in [5, 5.41) is 1.98. The van der Waals surface area contributed by atoms with E-state index in [9.17, 15) is 26.4 Å². The quantitative estimate of drug-likeness (QED) is 0.729. The van der Waals surface area contributed by atoms with Crippen molar-refractivity contribution in [1.29, 1.82) is 0 Å². The fourth-order valence-electron chi connectivity index (χ4n) is 1.77.